The number of anilines is 1. The highest BCUT2D eigenvalue weighted by atomic mass is 19.1. The third kappa shape index (κ3) is 1.93. The third-order valence-electron chi connectivity index (χ3n) is 4.17. The standard InChI is InChI=1S/C14H19FN2/c1-10-4-6-16-9-14(10)17-7-5-11-2-3-12(15)8-13(11)17/h2-3,8,10,14,16H,4-7,9H2,1H3. The third-order valence-corrected chi connectivity index (χ3v) is 4.17. The van der Waals surface area contributed by atoms with Crippen molar-refractivity contribution in [2.45, 2.75) is 25.8 Å². The van der Waals surface area contributed by atoms with Crippen molar-refractivity contribution in [3.63, 3.8) is 0 Å². The highest BCUT2D eigenvalue weighted by molar-refractivity contribution is 5.59. The number of halogens is 1. The van der Waals surface area contributed by atoms with Crippen LogP contribution in [0.3, 0.4) is 0 Å². The summed E-state index contributed by atoms with van der Waals surface area (Å²) >= 11 is 0. The van der Waals surface area contributed by atoms with E-state index in [0.717, 1.165) is 31.7 Å². The van der Waals surface area contributed by atoms with Gasteiger partial charge in [0.25, 0.3) is 0 Å². The molecule has 2 unspecified atom stereocenters. The molecular weight excluding hydrogens is 215 g/mol. The normalized spacial score (nSPS) is 28.2. The number of hydrogen-bond acceptors (Lipinski definition) is 2. The van der Waals surface area contributed by atoms with Crippen molar-refractivity contribution in [3.05, 3.63) is 29.6 Å². The van der Waals surface area contributed by atoms with Crippen LogP contribution in [0.15, 0.2) is 18.2 Å². The summed E-state index contributed by atoms with van der Waals surface area (Å²) < 4.78 is 13.4. The summed E-state index contributed by atoms with van der Waals surface area (Å²) in [7, 11) is 0. The van der Waals surface area contributed by atoms with Crippen LogP contribution >= 0.6 is 0 Å². The molecule has 92 valence electrons. The smallest absolute Gasteiger partial charge is 0.125 e. The van der Waals surface area contributed by atoms with Crippen LogP contribution in [0, 0.1) is 11.7 Å². The lowest BCUT2D eigenvalue weighted by molar-refractivity contribution is 0.333. The quantitative estimate of drug-likeness (QED) is 0.801. The van der Waals surface area contributed by atoms with Crippen molar-refractivity contribution < 1.29 is 4.39 Å². The molecule has 3 rings (SSSR count). The molecule has 0 amide bonds. The van der Waals surface area contributed by atoms with E-state index < -0.39 is 0 Å². The molecule has 1 aromatic carbocycles. The van der Waals surface area contributed by atoms with E-state index in [9.17, 15) is 4.39 Å². The number of nitrogens with zero attached hydrogens (tertiary/aromatic N) is 1. The SMILES string of the molecule is CC1CCNCC1N1CCc2ccc(F)cc21. The average Bonchev–Trinajstić information content (AvgIpc) is 2.72. The molecule has 2 atom stereocenters. The Kier molecular flexibility index (Phi) is 2.79. The van der Waals surface area contributed by atoms with Gasteiger partial charge in [-0.1, -0.05) is 13.0 Å². The van der Waals surface area contributed by atoms with Gasteiger partial charge in [0, 0.05) is 24.8 Å². The van der Waals surface area contributed by atoms with E-state index >= 15 is 0 Å². The first-order valence-corrected chi connectivity index (χ1v) is 6.51. The van der Waals surface area contributed by atoms with Gasteiger partial charge >= 0.3 is 0 Å². The van der Waals surface area contributed by atoms with Gasteiger partial charge < -0.3 is 10.2 Å². The fraction of sp³-hybridized carbons (Fsp3) is 0.571. The van der Waals surface area contributed by atoms with Crippen LogP contribution < -0.4 is 10.2 Å². The zero-order valence-corrected chi connectivity index (χ0v) is 10.2. The van der Waals surface area contributed by atoms with E-state index in [2.05, 4.69) is 17.1 Å². The molecule has 2 aliphatic heterocycles. The van der Waals surface area contributed by atoms with E-state index in [1.165, 1.54) is 12.0 Å². The van der Waals surface area contributed by atoms with Crippen molar-refractivity contribution in [1.29, 1.82) is 0 Å². The lowest BCUT2D eigenvalue weighted by Gasteiger charge is -2.38. The van der Waals surface area contributed by atoms with Crippen molar-refractivity contribution in [3.8, 4) is 0 Å². The van der Waals surface area contributed by atoms with Gasteiger partial charge in [0.15, 0.2) is 0 Å². The van der Waals surface area contributed by atoms with Crippen LogP contribution in [0.25, 0.3) is 0 Å². The second kappa shape index (κ2) is 4.30. The van der Waals surface area contributed by atoms with Gasteiger partial charge in [-0.25, -0.2) is 4.39 Å². The van der Waals surface area contributed by atoms with Crippen LogP contribution in [0.1, 0.15) is 18.9 Å². The first kappa shape index (κ1) is 11.0. The summed E-state index contributed by atoms with van der Waals surface area (Å²) in [5, 5.41) is 3.45. The predicted octanol–water partition coefficient (Wildman–Crippen LogP) is 2.19. The molecule has 1 fully saturated rings. The molecule has 0 spiro atoms. The lowest BCUT2D eigenvalue weighted by atomic mass is 9.93. The van der Waals surface area contributed by atoms with Gasteiger partial charge in [0.1, 0.15) is 5.82 Å². The van der Waals surface area contributed by atoms with E-state index in [1.54, 1.807) is 12.1 Å². The number of nitrogens with one attached hydrogen (secondary N) is 1. The lowest BCUT2D eigenvalue weighted by Crippen LogP contribution is -2.50. The molecule has 3 heteroatoms. The van der Waals surface area contributed by atoms with Crippen LogP contribution in [0.2, 0.25) is 0 Å². The maximum Gasteiger partial charge on any atom is 0.125 e. The first-order valence-electron chi connectivity index (χ1n) is 6.51. The summed E-state index contributed by atoms with van der Waals surface area (Å²) in [4.78, 5) is 2.40. The molecule has 1 aromatic rings. The molecule has 2 nitrogen and oxygen atoms in total. The number of piperidine rings is 1. The van der Waals surface area contributed by atoms with Gasteiger partial charge in [0.2, 0.25) is 0 Å². The van der Waals surface area contributed by atoms with Crippen LogP contribution in [0.5, 0.6) is 0 Å². The highest BCUT2D eigenvalue weighted by Gasteiger charge is 2.31. The molecule has 0 radical (unpaired) electrons. The molecule has 1 saturated heterocycles. The predicted molar refractivity (Wildman–Crippen MR) is 67.9 cm³/mol. The average molecular weight is 234 g/mol. The number of fused-ring (bicyclic) bond motifs is 1. The number of rotatable bonds is 1. The Labute approximate surface area is 102 Å². The summed E-state index contributed by atoms with van der Waals surface area (Å²) in [6.45, 7) is 5.48. The van der Waals surface area contributed by atoms with Gasteiger partial charge in [-0.15, -0.1) is 0 Å². The molecule has 2 heterocycles. The van der Waals surface area contributed by atoms with Crippen molar-refractivity contribution in [2.24, 2.45) is 5.92 Å². The first-order chi connectivity index (χ1) is 8.25. The van der Waals surface area contributed by atoms with Crippen LogP contribution in [-0.4, -0.2) is 25.7 Å². The molecule has 1 N–H and O–H groups in total. The Morgan fingerprint density at radius 3 is 3.12 bits per heavy atom. The maximum atomic E-state index is 13.4. The van der Waals surface area contributed by atoms with Crippen molar-refractivity contribution >= 4 is 5.69 Å². The molecular formula is C14H19FN2. The summed E-state index contributed by atoms with van der Waals surface area (Å²) in [5.41, 5.74) is 2.41. The molecule has 0 bridgehead atoms. The van der Waals surface area contributed by atoms with Crippen LogP contribution in [-0.2, 0) is 6.42 Å². The largest absolute Gasteiger partial charge is 0.366 e. The summed E-state index contributed by atoms with van der Waals surface area (Å²) in [6, 6.07) is 5.73. The van der Waals surface area contributed by atoms with Gasteiger partial charge in [0.05, 0.1) is 0 Å². The van der Waals surface area contributed by atoms with Crippen molar-refractivity contribution in [2.75, 3.05) is 24.5 Å². The Hall–Kier alpha value is -1.09. The molecule has 0 saturated carbocycles. The van der Waals surface area contributed by atoms with Gasteiger partial charge in [-0.05, 0) is 43.0 Å². The highest BCUT2D eigenvalue weighted by Crippen LogP contribution is 2.33. The Morgan fingerprint density at radius 1 is 1.41 bits per heavy atom. The summed E-state index contributed by atoms with van der Waals surface area (Å²) in [6.07, 6.45) is 2.27. The van der Waals surface area contributed by atoms with Crippen molar-refractivity contribution in [1.82, 2.24) is 5.32 Å². The fourth-order valence-electron chi connectivity index (χ4n) is 3.11. The van der Waals surface area contributed by atoms with Gasteiger partial charge in [-0.3, -0.25) is 0 Å². The number of benzene rings is 1. The maximum absolute atomic E-state index is 13.4. The molecule has 2 aliphatic rings. The monoisotopic (exact) mass is 234 g/mol. The Balaban J connectivity index is 1.89. The van der Waals surface area contributed by atoms with Crippen LogP contribution in [0.4, 0.5) is 10.1 Å². The Bertz CT molecular complexity index is 419. The van der Waals surface area contributed by atoms with Gasteiger partial charge in [-0.2, -0.15) is 0 Å². The fourth-order valence-corrected chi connectivity index (χ4v) is 3.11. The second-order valence-corrected chi connectivity index (χ2v) is 5.25. The molecule has 0 aromatic heterocycles. The van der Waals surface area contributed by atoms with E-state index in [1.807, 2.05) is 6.07 Å². The van der Waals surface area contributed by atoms with E-state index in [0.29, 0.717) is 12.0 Å². The minimum Gasteiger partial charge on any atom is -0.366 e. The Morgan fingerprint density at radius 2 is 2.29 bits per heavy atom. The van der Waals surface area contributed by atoms with E-state index in [4.69, 9.17) is 0 Å². The second-order valence-electron chi connectivity index (χ2n) is 5.25. The zero-order valence-electron chi connectivity index (χ0n) is 10.2. The minimum absolute atomic E-state index is 0.118. The zero-order chi connectivity index (χ0) is 11.8. The summed E-state index contributed by atoms with van der Waals surface area (Å²) in [5.74, 6) is 0.567. The topological polar surface area (TPSA) is 15.3 Å². The van der Waals surface area contributed by atoms with E-state index in [-0.39, 0.29) is 5.82 Å². The molecule has 17 heavy (non-hydrogen) atoms. The number of hydrogen-bond donors (Lipinski definition) is 1. The minimum atomic E-state index is -0.118. The molecule has 0 aliphatic carbocycles.